The standard InChI is InChI=1S/C11H16O8/c1-5(12)17-8-4-16-11(15)10(19-7(3)14)9(8)18-6(2)13/h8-11,15H,4H2,1-3H3/t8-,9-,10-,11?/m1/s1. The van der Waals surface area contributed by atoms with E-state index < -0.39 is 42.5 Å². The maximum Gasteiger partial charge on any atom is 0.303 e. The maximum absolute atomic E-state index is 11.1. The number of ether oxygens (including phenoxy) is 4. The first-order chi connectivity index (χ1) is 8.81. The van der Waals surface area contributed by atoms with Crippen molar-refractivity contribution in [3.63, 3.8) is 0 Å². The summed E-state index contributed by atoms with van der Waals surface area (Å²) in [6.07, 6.45) is -4.78. The zero-order valence-corrected chi connectivity index (χ0v) is 10.8. The van der Waals surface area contributed by atoms with Crippen LogP contribution in [0, 0.1) is 0 Å². The van der Waals surface area contributed by atoms with Crippen molar-refractivity contribution in [3.8, 4) is 0 Å². The summed E-state index contributed by atoms with van der Waals surface area (Å²) in [5.74, 6) is -1.95. The van der Waals surface area contributed by atoms with E-state index in [9.17, 15) is 19.5 Å². The molecule has 1 aliphatic rings. The Bertz CT molecular complexity index is 366. The molecule has 0 spiro atoms. The molecule has 1 rings (SSSR count). The Labute approximate surface area is 109 Å². The van der Waals surface area contributed by atoms with E-state index >= 15 is 0 Å². The SMILES string of the molecule is CC(=O)O[C@@H]1[C@H](OC(C)=O)COC(O)[C@@H]1OC(C)=O. The fraction of sp³-hybridized carbons (Fsp3) is 0.727. The Morgan fingerprint density at radius 3 is 1.89 bits per heavy atom. The molecule has 1 heterocycles. The Kier molecular flexibility index (Phi) is 5.25. The average Bonchev–Trinajstić information content (AvgIpc) is 2.25. The Morgan fingerprint density at radius 1 is 0.947 bits per heavy atom. The highest BCUT2D eigenvalue weighted by Gasteiger charge is 2.46. The lowest BCUT2D eigenvalue weighted by molar-refractivity contribution is -0.267. The highest BCUT2D eigenvalue weighted by molar-refractivity contribution is 5.68. The number of hydrogen-bond donors (Lipinski definition) is 1. The van der Waals surface area contributed by atoms with E-state index in [2.05, 4.69) is 0 Å². The van der Waals surface area contributed by atoms with Gasteiger partial charge < -0.3 is 24.1 Å². The van der Waals surface area contributed by atoms with Crippen molar-refractivity contribution >= 4 is 17.9 Å². The third-order valence-corrected chi connectivity index (χ3v) is 2.32. The first-order valence-electron chi connectivity index (χ1n) is 5.62. The van der Waals surface area contributed by atoms with Crippen molar-refractivity contribution in [1.82, 2.24) is 0 Å². The number of rotatable bonds is 3. The van der Waals surface area contributed by atoms with Gasteiger partial charge in [-0.15, -0.1) is 0 Å². The molecule has 0 bridgehead atoms. The van der Waals surface area contributed by atoms with Gasteiger partial charge in [0.25, 0.3) is 0 Å². The second kappa shape index (κ2) is 6.48. The number of aliphatic hydroxyl groups excluding tert-OH is 1. The molecule has 0 aromatic heterocycles. The minimum absolute atomic E-state index is 0.170. The second-order valence-electron chi connectivity index (χ2n) is 4.02. The summed E-state index contributed by atoms with van der Waals surface area (Å²) < 4.78 is 19.6. The second-order valence-corrected chi connectivity index (χ2v) is 4.02. The van der Waals surface area contributed by atoms with Gasteiger partial charge in [0.15, 0.2) is 24.6 Å². The van der Waals surface area contributed by atoms with E-state index in [1.807, 2.05) is 0 Å². The Balaban J connectivity index is 2.89. The molecule has 1 unspecified atom stereocenters. The molecule has 4 atom stereocenters. The minimum Gasteiger partial charge on any atom is -0.456 e. The molecule has 1 saturated heterocycles. The van der Waals surface area contributed by atoms with Crippen LogP contribution in [0.4, 0.5) is 0 Å². The van der Waals surface area contributed by atoms with Crippen molar-refractivity contribution in [3.05, 3.63) is 0 Å². The van der Waals surface area contributed by atoms with Gasteiger partial charge in [0, 0.05) is 20.8 Å². The molecule has 1 fully saturated rings. The van der Waals surface area contributed by atoms with Gasteiger partial charge in [0.2, 0.25) is 0 Å². The Morgan fingerprint density at radius 2 is 1.42 bits per heavy atom. The summed E-state index contributed by atoms with van der Waals surface area (Å²) in [6, 6.07) is 0. The molecular formula is C11H16O8. The van der Waals surface area contributed by atoms with Crippen LogP contribution in [0.15, 0.2) is 0 Å². The van der Waals surface area contributed by atoms with Gasteiger partial charge >= 0.3 is 17.9 Å². The molecule has 0 aromatic carbocycles. The summed E-state index contributed by atoms with van der Waals surface area (Å²) in [5.41, 5.74) is 0. The third-order valence-electron chi connectivity index (χ3n) is 2.32. The van der Waals surface area contributed by atoms with Crippen LogP contribution in [-0.4, -0.2) is 54.2 Å². The van der Waals surface area contributed by atoms with Gasteiger partial charge in [-0.2, -0.15) is 0 Å². The van der Waals surface area contributed by atoms with Crippen LogP contribution in [0.3, 0.4) is 0 Å². The number of hydrogen-bond acceptors (Lipinski definition) is 8. The van der Waals surface area contributed by atoms with Crippen LogP contribution in [-0.2, 0) is 33.3 Å². The molecule has 8 heteroatoms. The van der Waals surface area contributed by atoms with Crippen LogP contribution in [0.25, 0.3) is 0 Å². The Hall–Kier alpha value is -1.67. The topological polar surface area (TPSA) is 108 Å². The number of carbonyl (C=O) groups is 3. The van der Waals surface area contributed by atoms with Crippen LogP contribution < -0.4 is 0 Å². The summed E-state index contributed by atoms with van der Waals surface area (Å²) in [5, 5.41) is 9.62. The van der Waals surface area contributed by atoms with Crippen LogP contribution >= 0.6 is 0 Å². The van der Waals surface area contributed by atoms with Gasteiger partial charge in [0.1, 0.15) is 0 Å². The highest BCUT2D eigenvalue weighted by atomic mass is 16.7. The summed E-state index contributed by atoms with van der Waals surface area (Å²) >= 11 is 0. The lowest BCUT2D eigenvalue weighted by atomic mass is 10.0. The van der Waals surface area contributed by atoms with Crippen LogP contribution in [0.5, 0.6) is 0 Å². The molecule has 19 heavy (non-hydrogen) atoms. The normalized spacial score (nSPS) is 30.3. The first kappa shape index (κ1) is 15.4. The summed E-state index contributed by atoms with van der Waals surface area (Å²) in [4.78, 5) is 33.0. The van der Waals surface area contributed by atoms with E-state index in [-0.39, 0.29) is 6.61 Å². The molecule has 1 N–H and O–H groups in total. The summed E-state index contributed by atoms with van der Waals surface area (Å²) in [6.45, 7) is 3.29. The van der Waals surface area contributed by atoms with Crippen LogP contribution in [0.2, 0.25) is 0 Å². The van der Waals surface area contributed by atoms with E-state index in [4.69, 9.17) is 18.9 Å². The molecule has 1 aliphatic heterocycles. The van der Waals surface area contributed by atoms with Crippen LogP contribution in [0.1, 0.15) is 20.8 Å². The predicted octanol–water partition coefficient (Wildman–Crippen LogP) is -0.870. The van der Waals surface area contributed by atoms with E-state index in [0.717, 1.165) is 13.8 Å². The first-order valence-corrected chi connectivity index (χ1v) is 5.62. The van der Waals surface area contributed by atoms with E-state index in [0.29, 0.717) is 0 Å². The van der Waals surface area contributed by atoms with Gasteiger partial charge in [-0.25, -0.2) is 0 Å². The van der Waals surface area contributed by atoms with Crippen molar-refractivity contribution in [2.45, 2.75) is 45.4 Å². The van der Waals surface area contributed by atoms with Gasteiger partial charge in [-0.1, -0.05) is 0 Å². The van der Waals surface area contributed by atoms with E-state index in [1.54, 1.807) is 0 Å². The molecule has 0 saturated carbocycles. The fourth-order valence-corrected chi connectivity index (χ4v) is 1.72. The number of aliphatic hydroxyl groups is 1. The highest BCUT2D eigenvalue weighted by Crippen LogP contribution is 2.23. The molecule has 0 radical (unpaired) electrons. The monoisotopic (exact) mass is 276 g/mol. The zero-order valence-electron chi connectivity index (χ0n) is 10.8. The average molecular weight is 276 g/mol. The largest absolute Gasteiger partial charge is 0.456 e. The van der Waals surface area contributed by atoms with Crippen molar-refractivity contribution in [1.29, 1.82) is 0 Å². The molecule has 0 aliphatic carbocycles. The van der Waals surface area contributed by atoms with Crippen molar-refractivity contribution in [2.24, 2.45) is 0 Å². The molecular weight excluding hydrogens is 260 g/mol. The molecule has 8 nitrogen and oxygen atoms in total. The number of esters is 3. The number of carbonyl (C=O) groups excluding carboxylic acids is 3. The molecule has 108 valence electrons. The third kappa shape index (κ3) is 4.49. The van der Waals surface area contributed by atoms with Crippen molar-refractivity contribution < 1.29 is 38.4 Å². The van der Waals surface area contributed by atoms with Gasteiger partial charge in [-0.05, 0) is 0 Å². The lowest BCUT2D eigenvalue weighted by Crippen LogP contribution is -2.57. The molecule has 0 aromatic rings. The molecule has 0 amide bonds. The van der Waals surface area contributed by atoms with Gasteiger partial charge in [-0.3, -0.25) is 14.4 Å². The lowest BCUT2D eigenvalue weighted by Gasteiger charge is -2.38. The van der Waals surface area contributed by atoms with E-state index in [1.165, 1.54) is 6.92 Å². The maximum atomic E-state index is 11.1. The summed E-state index contributed by atoms with van der Waals surface area (Å²) in [7, 11) is 0. The quantitative estimate of drug-likeness (QED) is 0.523. The zero-order chi connectivity index (χ0) is 14.6. The smallest absolute Gasteiger partial charge is 0.303 e. The van der Waals surface area contributed by atoms with Crippen molar-refractivity contribution in [2.75, 3.05) is 6.61 Å². The fourth-order valence-electron chi connectivity index (χ4n) is 1.72. The predicted molar refractivity (Wildman–Crippen MR) is 58.6 cm³/mol. The minimum atomic E-state index is -1.46. The van der Waals surface area contributed by atoms with Gasteiger partial charge in [0.05, 0.1) is 6.61 Å².